The molecular weight excluding hydrogens is 623 g/mol. The zero-order valence-electron chi connectivity index (χ0n) is 23.8. The van der Waals surface area contributed by atoms with Crippen LogP contribution in [-0.4, -0.2) is 51.1 Å². The normalized spacial score (nSPS) is 14.7. The van der Waals surface area contributed by atoms with E-state index in [1.165, 1.54) is 30.3 Å². The number of hydrogen-bond donors (Lipinski definition) is 3. The number of ether oxygens (including phenoxy) is 1. The van der Waals surface area contributed by atoms with Gasteiger partial charge in [-0.25, -0.2) is 8.42 Å². The number of aliphatic hydroxyl groups is 1. The van der Waals surface area contributed by atoms with Crippen molar-refractivity contribution in [1.82, 2.24) is 10.6 Å². The Kier molecular flexibility index (Phi) is 10.1. The number of benzene rings is 3. The Morgan fingerprint density at radius 3 is 2.55 bits per heavy atom. The van der Waals surface area contributed by atoms with Gasteiger partial charge in [-0.05, 0) is 73.0 Å². The van der Waals surface area contributed by atoms with Gasteiger partial charge in [0.05, 0.1) is 41.3 Å². The van der Waals surface area contributed by atoms with Crippen LogP contribution in [0.5, 0.6) is 5.75 Å². The van der Waals surface area contributed by atoms with Crippen LogP contribution in [0.4, 0.5) is 18.9 Å². The van der Waals surface area contributed by atoms with Crippen LogP contribution < -0.4 is 19.7 Å². The molecule has 44 heavy (non-hydrogen) atoms. The molecule has 3 N–H and O–H groups in total. The van der Waals surface area contributed by atoms with E-state index >= 15 is 0 Å². The first-order valence-electron chi connectivity index (χ1n) is 13.7. The highest BCUT2D eigenvalue weighted by Crippen LogP contribution is 2.37. The first-order valence-corrected chi connectivity index (χ1v) is 15.5. The van der Waals surface area contributed by atoms with E-state index < -0.39 is 52.1 Å². The summed E-state index contributed by atoms with van der Waals surface area (Å²) in [7, 11) is -4.04. The smallest absolute Gasteiger partial charge is 0.416 e. The van der Waals surface area contributed by atoms with Crippen LogP contribution in [0.3, 0.4) is 0 Å². The van der Waals surface area contributed by atoms with Crippen LogP contribution in [0.25, 0.3) is 0 Å². The van der Waals surface area contributed by atoms with E-state index in [1.54, 1.807) is 26.0 Å². The number of hydrogen-bond acceptors (Lipinski definition) is 6. The molecule has 4 rings (SSSR count). The molecule has 0 unspecified atom stereocenters. The summed E-state index contributed by atoms with van der Waals surface area (Å²) in [5, 5.41) is 14.8. The van der Waals surface area contributed by atoms with Gasteiger partial charge in [0.2, 0.25) is 5.91 Å². The number of sulfonamides is 1. The van der Waals surface area contributed by atoms with Gasteiger partial charge >= 0.3 is 6.18 Å². The molecule has 0 saturated carbocycles. The molecule has 2 amide bonds. The Morgan fingerprint density at radius 1 is 1.11 bits per heavy atom. The van der Waals surface area contributed by atoms with Crippen molar-refractivity contribution in [3.05, 3.63) is 87.9 Å². The molecule has 1 aliphatic heterocycles. The lowest BCUT2D eigenvalue weighted by molar-refractivity contribution is -0.137. The minimum Gasteiger partial charge on any atom is -0.489 e. The molecular formula is C30H31ClF3N3O6S. The fourth-order valence-electron chi connectivity index (χ4n) is 4.59. The largest absolute Gasteiger partial charge is 0.489 e. The van der Waals surface area contributed by atoms with Gasteiger partial charge in [-0.1, -0.05) is 30.7 Å². The second kappa shape index (κ2) is 13.4. The Labute approximate surface area is 258 Å². The molecule has 1 aliphatic rings. The van der Waals surface area contributed by atoms with E-state index in [1.807, 2.05) is 0 Å². The first kappa shape index (κ1) is 33.1. The van der Waals surface area contributed by atoms with Crippen molar-refractivity contribution in [2.45, 2.75) is 49.9 Å². The third-order valence-corrected chi connectivity index (χ3v) is 9.17. The Morgan fingerprint density at radius 2 is 1.86 bits per heavy atom. The van der Waals surface area contributed by atoms with Gasteiger partial charge in [-0.15, -0.1) is 0 Å². The molecule has 2 atom stereocenters. The highest BCUT2D eigenvalue weighted by Gasteiger charge is 2.34. The van der Waals surface area contributed by atoms with E-state index in [0.29, 0.717) is 6.42 Å². The minimum absolute atomic E-state index is 0.0272. The molecule has 0 aliphatic carbocycles. The van der Waals surface area contributed by atoms with Crippen LogP contribution in [0.1, 0.15) is 52.9 Å². The molecule has 1 heterocycles. The molecule has 0 saturated heterocycles. The maximum atomic E-state index is 13.5. The fraction of sp³-hybridized carbons (Fsp3) is 0.333. The molecule has 0 radical (unpaired) electrons. The maximum absolute atomic E-state index is 13.5. The highest BCUT2D eigenvalue weighted by molar-refractivity contribution is 7.92. The number of nitrogens with one attached hydrogen (secondary N) is 2. The zero-order chi connectivity index (χ0) is 32.2. The van der Waals surface area contributed by atoms with E-state index in [0.717, 1.165) is 28.1 Å². The van der Waals surface area contributed by atoms with E-state index in [4.69, 9.17) is 16.3 Å². The Bertz CT molecular complexity index is 1650. The average Bonchev–Trinajstić information content (AvgIpc) is 2.98. The predicted molar refractivity (Wildman–Crippen MR) is 158 cm³/mol. The van der Waals surface area contributed by atoms with Gasteiger partial charge < -0.3 is 20.5 Å². The van der Waals surface area contributed by atoms with Gasteiger partial charge in [-0.2, -0.15) is 13.2 Å². The number of anilines is 1. The van der Waals surface area contributed by atoms with E-state index in [-0.39, 0.29) is 52.2 Å². The van der Waals surface area contributed by atoms with Crippen molar-refractivity contribution >= 4 is 39.1 Å². The molecule has 0 aromatic heterocycles. The summed E-state index contributed by atoms with van der Waals surface area (Å²) in [6, 6.07) is 11.7. The van der Waals surface area contributed by atoms with Crippen molar-refractivity contribution in [1.29, 1.82) is 0 Å². The summed E-state index contributed by atoms with van der Waals surface area (Å²) in [6.45, 7) is 3.41. The minimum atomic E-state index is -4.72. The predicted octanol–water partition coefficient (Wildman–Crippen LogP) is 5.00. The second-order valence-electron chi connectivity index (χ2n) is 10.3. The van der Waals surface area contributed by atoms with Gasteiger partial charge in [0, 0.05) is 17.1 Å². The molecule has 14 heteroatoms. The topological polar surface area (TPSA) is 125 Å². The molecule has 3 aromatic rings. The second-order valence-corrected chi connectivity index (χ2v) is 12.5. The van der Waals surface area contributed by atoms with E-state index in [2.05, 4.69) is 10.6 Å². The fourth-order valence-corrected chi connectivity index (χ4v) is 6.39. The van der Waals surface area contributed by atoms with E-state index in [9.17, 15) is 36.3 Å². The van der Waals surface area contributed by atoms with Crippen LogP contribution in [0, 0.1) is 6.92 Å². The van der Waals surface area contributed by atoms with Crippen molar-refractivity contribution in [2.24, 2.45) is 0 Å². The van der Waals surface area contributed by atoms with Gasteiger partial charge in [0.1, 0.15) is 12.4 Å². The van der Waals surface area contributed by atoms with Gasteiger partial charge in [0.15, 0.2) is 0 Å². The number of carbonyl (C=O) groups excluding carboxylic acids is 2. The molecule has 0 fully saturated rings. The number of aliphatic hydroxyl groups excluding tert-OH is 1. The summed E-state index contributed by atoms with van der Waals surface area (Å²) in [4.78, 5) is 26.3. The third-order valence-electron chi connectivity index (χ3n) is 7.02. The zero-order valence-corrected chi connectivity index (χ0v) is 25.4. The van der Waals surface area contributed by atoms with Crippen molar-refractivity contribution < 1.29 is 41.0 Å². The molecule has 236 valence electrons. The van der Waals surface area contributed by atoms with Gasteiger partial charge in [-0.3, -0.25) is 13.9 Å². The standard InChI is InChI=1S/C30H31ClF3N3O6S/c1-3-21(38)17-35-28(39)16-25(23-15-20(30(32,33)34)8-9-24(23)31)36-29(40)19-7-10-27-26(14-19)37(11-12-43-27)44(41,42)22-6-4-5-18(2)13-22/h4-10,13-15,21,25,38H,3,11-12,16-17H2,1-2H3,(H,35,39)(H,36,40)/t21-,25+/m1/s1. The summed E-state index contributed by atoms with van der Waals surface area (Å²) in [5.74, 6) is -1.23. The van der Waals surface area contributed by atoms with Crippen LogP contribution >= 0.6 is 11.6 Å². The Balaban J connectivity index is 1.67. The van der Waals surface area contributed by atoms with Gasteiger partial charge in [0.25, 0.3) is 15.9 Å². The SMILES string of the molecule is CC[C@@H](O)CNC(=O)C[C@H](NC(=O)c1ccc2c(c1)N(S(=O)(=O)c1cccc(C)c1)CCO2)c1cc(C(F)(F)F)ccc1Cl. The number of rotatable bonds is 10. The summed E-state index contributed by atoms with van der Waals surface area (Å²) >= 11 is 6.26. The number of carbonyl (C=O) groups is 2. The lowest BCUT2D eigenvalue weighted by Gasteiger charge is -2.31. The molecule has 3 aromatic carbocycles. The molecule has 0 bridgehead atoms. The first-order chi connectivity index (χ1) is 20.7. The van der Waals surface area contributed by atoms with Crippen LogP contribution in [0.2, 0.25) is 5.02 Å². The number of alkyl halides is 3. The molecule has 9 nitrogen and oxygen atoms in total. The van der Waals surface area contributed by atoms with Crippen LogP contribution in [-0.2, 0) is 21.0 Å². The molecule has 0 spiro atoms. The highest BCUT2D eigenvalue weighted by atomic mass is 35.5. The summed E-state index contributed by atoms with van der Waals surface area (Å²) < 4.78 is 74.5. The quantitative estimate of drug-likeness (QED) is 0.283. The van der Waals surface area contributed by atoms with Crippen molar-refractivity contribution in [3.63, 3.8) is 0 Å². The number of nitrogens with zero attached hydrogens (tertiary/aromatic N) is 1. The maximum Gasteiger partial charge on any atom is 0.416 e. The number of aryl methyl sites for hydroxylation is 1. The lowest BCUT2D eigenvalue weighted by Crippen LogP contribution is -2.38. The van der Waals surface area contributed by atoms with Crippen molar-refractivity contribution in [2.75, 3.05) is 24.0 Å². The van der Waals surface area contributed by atoms with Crippen LogP contribution in [0.15, 0.2) is 65.6 Å². The number of fused-ring (bicyclic) bond motifs is 1. The number of amides is 2. The summed E-state index contributed by atoms with van der Waals surface area (Å²) in [6.07, 6.45) is -5.68. The van der Waals surface area contributed by atoms with Crippen molar-refractivity contribution in [3.8, 4) is 5.75 Å². The average molecular weight is 654 g/mol. The number of halogens is 4. The summed E-state index contributed by atoms with van der Waals surface area (Å²) in [5.41, 5.74) is -0.369. The third kappa shape index (κ3) is 7.63. The Hall–Kier alpha value is -3.81. The lowest BCUT2D eigenvalue weighted by atomic mass is 9.99. The monoisotopic (exact) mass is 653 g/mol.